The standard InChI is InChI=1S/C13H17N3O/c1-9-4-5-12(7-14-9)8-15-11(3)13-16-6-10(2)17-13/h4-7,11,15H,8H2,1-3H3. The Kier molecular flexibility index (Phi) is 3.54. The summed E-state index contributed by atoms with van der Waals surface area (Å²) < 4.78 is 5.46. The first-order valence-electron chi connectivity index (χ1n) is 5.72. The summed E-state index contributed by atoms with van der Waals surface area (Å²) in [5.41, 5.74) is 2.19. The highest BCUT2D eigenvalue weighted by molar-refractivity contribution is 5.13. The molecular weight excluding hydrogens is 214 g/mol. The van der Waals surface area contributed by atoms with E-state index in [1.54, 1.807) is 6.20 Å². The molecule has 0 spiro atoms. The van der Waals surface area contributed by atoms with Crippen molar-refractivity contribution in [1.82, 2.24) is 15.3 Å². The predicted molar refractivity (Wildman–Crippen MR) is 65.5 cm³/mol. The average molecular weight is 231 g/mol. The Bertz CT molecular complexity index is 476. The Morgan fingerprint density at radius 1 is 1.24 bits per heavy atom. The highest BCUT2D eigenvalue weighted by Gasteiger charge is 2.10. The number of hydrogen-bond donors (Lipinski definition) is 1. The molecule has 90 valence electrons. The molecule has 0 aliphatic carbocycles. The second kappa shape index (κ2) is 5.10. The minimum absolute atomic E-state index is 0.102. The van der Waals surface area contributed by atoms with E-state index in [0.717, 1.165) is 29.5 Å². The lowest BCUT2D eigenvalue weighted by atomic mass is 10.2. The number of rotatable bonds is 4. The molecule has 0 bridgehead atoms. The topological polar surface area (TPSA) is 51.0 Å². The number of pyridine rings is 1. The van der Waals surface area contributed by atoms with Gasteiger partial charge in [-0.25, -0.2) is 4.98 Å². The molecule has 0 aromatic carbocycles. The smallest absolute Gasteiger partial charge is 0.211 e. The second-order valence-corrected chi connectivity index (χ2v) is 4.22. The molecule has 2 rings (SSSR count). The van der Waals surface area contributed by atoms with Crippen molar-refractivity contribution < 1.29 is 4.42 Å². The van der Waals surface area contributed by atoms with E-state index in [2.05, 4.69) is 21.4 Å². The molecule has 17 heavy (non-hydrogen) atoms. The van der Waals surface area contributed by atoms with Crippen molar-refractivity contribution in [2.75, 3.05) is 0 Å². The lowest BCUT2D eigenvalue weighted by molar-refractivity contribution is 0.402. The van der Waals surface area contributed by atoms with E-state index in [4.69, 9.17) is 4.42 Å². The molecule has 0 fully saturated rings. The fourth-order valence-corrected chi connectivity index (χ4v) is 1.53. The maximum atomic E-state index is 5.46. The zero-order chi connectivity index (χ0) is 12.3. The van der Waals surface area contributed by atoms with Crippen LogP contribution in [0.5, 0.6) is 0 Å². The van der Waals surface area contributed by atoms with Gasteiger partial charge in [-0.2, -0.15) is 0 Å². The molecule has 0 aliphatic heterocycles. The van der Waals surface area contributed by atoms with Crippen LogP contribution in [0.25, 0.3) is 0 Å². The van der Waals surface area contributed by atoms with Crippen LogP contribution in [0.15, 0.2) is 28.9 Å². The summed E-state index contributed by atoms with van der Waals surface area (Å²) in [6.07, 6.45) is 3.62. The van der Waals surface area contributed by atoms with Crippen molar-refractivity contribution >= 4 is 0 Å². The highest BCUT2D eigenvalue weighted by Crippen LogP contribution is 2.12. The van der Waals surface area contributed by atoms with Gasteiger partial charge in [0.25, 0.3) is 0 Å². The van der Waals surface area contributed by atoms with Crippen molar-refractivity contribution in [3.8, 4) is 0 Å². The summed E-state index contributed by atoms with van der Waals surface area (Å²) in [5, 5.41) is 3.35. The second-order valence-electron chi connectivity index (χ2n) is 4.22. The van der Waals surface area contributed by atoms with Crippen LogP contribution in [0, 0.1) is 13.8 Å². The largest absolute Gasteiger partial charge is 0.444 e. The molecule has 0 amide bonds. The number of aryl methyl sites for hydroxylation is 2. The molecule has 4 heteroatoms. The molecule has 0 aliphatic rings. The number of aromatic nitrogens is 2. The van der Waals surface area contributed by atoms with E-state index < -0.39 is 0 Å². The lowest BCUT2D eigenvalue weighted by Crippen LogP contribution is -2.18. The Morgan fingerprint density at radius 2 is 2.06 bits per heavy atom. The number of oxazole rings is 1. The number of hydrogen-bond acceptors (Lipinski definition) is 4. The van der Waals surface area contributed by atoms with Crippen molar-refractivity contribution in [3.05, 3.63) is 47.4 Å². The van der Waals surface area contributed by atoms with E-state index in [1.165, 1.54) is 0 Å². The third-order valence-corrected chi connectivity index (χ3v) is 2.59. The van der Waals surface area contributed by atoms with Gasteiger partial charge in [0.05, 0.1) is 12.2 Å². The Hall–Kier alpha value is -1.68. The van der Waals surface area contributed by atoms with Crippen LogP contribution in [-0.2, 0) is 6.54 Å². The molecule has 2 aromatic rings. The van der Waals surface area contributed by atoms with E-state index in [0.29, 0.717) is 0 Å². The Labute approximate surface area is 101 Å². The van der Waals surface area contributed by atoms with Gasteiger partial charge < -0.3 is 9.73 Å². The van der Waals surface area contributed by atoms with Crippen LogP contribution >= 0.6 is 0 Å². The maximum absolute atomic E-state index is 5.46. The fourth-order valence-electron chi connectivity index (χ4n) is 1.53. The minimum atomic E-state index is 0.102. The molecule has 1 atom stereocenters. The SMILES string of the molecule is Cc1ccc(CNC(C)c2ncc(C)o2)cn1. The highest BCUT2D eigenvalue weighted by atomic mass is 16.4. The molecule has 2 heterocycles. The van der Waals surface area contributed by atoms with Crippen LogP contribution in [0.3, 0.4) is 0 Å². The molecule has 2 aromatic heterocycles. The van der Waals surface area contributed by atoms with Crippen molar-refractivity contribution in [1.29, 1.82) is 0 Å². The van der Waals surface area contributed by atoms with E-state index in [9.17, 15) is 0 Å². The van der Waals surface area contributed by atoms with E-state index in [1.807, 2.05) is 33.0 Å². The normalized spacial score (nSPS) is 12.6. The first-order chi connectivity index (χ1) is 8.15. The third-order valence-electron chi connectivity index (χ3n) is 2.59. The quantitative estimate of drug-likeness (QED) is 0.878. The monoisotopic (exact) mass is 231 g/mol. The lowest BCUT2D eigenvalue weighted by Gasteiger charge is -2.10. The zero-order valence-corrected chi connectivity index (χ0v) is 10.4. The van der Waals surface area contributed by atoms with Crippen LogP contribution in [0.4, 0.5) is 0 Å². The van der Waals surface area contributed by atoms with Gasteiger partial charge in [-0.1, -0.05) is 6.07 Å². The van der Waals surface area contributed by atoms with Crippen molar-refractivity contribution in [3.63, 3.8) is 0 Å². The van der Waals surface area contributed by atoms with Gasteiger partial charge in [0.1, 0.15) is 5.76 Å². The Balaban J connectivity index is 1.92. The summed E-state index contributed by atoms with van der Waals surface area (Å²) in [6.45, 7) is 6.67. The molecule has 0 saturated heterocycles. The van der Waals surface area contributed by atoms with Crippen molar-refractivity contribution in [2.45, 2.75) is 33.4 Å². The molecular formula is C13H17N3O. The van der Waals surface area contributed by atoms with Gasteiger partial charge in [-0.15, -0.1) is 0 Å². The van der Waals surface area contributed by atoms with E-state index >= 15 is 0 Å². The third kappa shape index (κ3) is 3.14. The molecule has 0 radical (unpaired) electrons. The van der Waals surface area contributed by atoms with Gasteiger partial charge in [0.15, 0.2) is 0 Å². The molecule has 0 saturated carbocycles. The first-order valence-corrected chi connectivity index (χ1v) is 5.72. The molecule has 1 N–H and O–H groups in total. The van der Waals surface area contributed by atoms with Crippen LogP contribution in [-0.4, -0.2) is 9.97 Å². The summed E-state index contributed by atoms with van der Waals surface area (Å²) in [5.74, 6) is 1.56. The van der Waals surface area contributed by atoms with Gasteiger partial charge in [-0.3, -0.25) is 4.98 Å². The summed E-state index contributed by atoms with van der Waals surface area (Å²) >= 11 is 0. The van der Waals surface area contributed by atoms with Crippen molar-refractivity contribution in [2.24, 2.45) is 0 Å². The summed E-state index contributed by atoms with van der Waals surface area (Å²) in [4.78, 5) is 8.45. The minimum Gasteiger partial charge on any atom is -0.444 e. The van der Waals surface area contributed by atoms with Crippen LogP contribution in [0.2, 0.25) is 0 Å². The first kappa shape index (κ1) is 11.8. The number of nitrogens with zero attached hydrogens (tertiary/aromatic N) is 2. The fraction of sp³-hybridized carbons (Fsp3) is 0.385. The maximum Gasteiger partial charge on any atom is 0.211 e. The van der Waals surface area contributed by atoms with Gasteiger partial charge >= 0.3 is 0 Å². The number of nitrogens with one attached hydrogen (secondary N) is 1. The Morgan fingerprint density at radius 3 is 2.65 bits per heavy atom. The average Bonchev–Trinajstić information content (AvgIpc) is 2.75. The van der Waals surface area contributed by atoms with Gasteiger partial charge in [0.2, 0.25) is 5.89 Å². The van der Waals surface area contributed by atoms with E-state index in [-0.39, 0.29) is 6.04 Å². The van der Waals surface area contributed by atoms with Crippen LogP contribution < -0.4 is 5.32 Å². The predicted octanol–water partition coefficient (Wildman–Crippen LogP) is 2.54. The summed E-state index contributed by atoms with van der Waals surface area (Å²) in [7, 11) is 0. The summed E-state index contributed by atoms with van der Waals surface area (Å²) in [6, 6.07) is 4.19. The molecule has 1 unspecified atom stereocenters. The van der Waals surface area contributed by atoms with Crippen LogP contribution in [0.1, 0.15) is 35.9 Å². The van der Waals surface area contributed by atoms with Gasteiger partial charge in [0, 0.05) is 18.4 Å². The molecule has 4 nitrogen and oxygen atoms in total. The van der Waals surface area contributed by atoms with Gasteiger partial charge in [-0.05, 0) is 32.4 Å². The zero-order valence-electron chi connectivity index (χ0n) is 10.4.